The number of fused-ring (bicyclic) bond motifs is 1. The predicted molar refractivity (Wildman–Crippen MR) is 68.5 cm³/mol. The molecular weight excluding hydrogens is 196 g/mol. The fraction of sp³-hybridized carbons (Fsp3) is 0.143. The molecule has 0 atom stereocenters. The smallest absolute Gasteiger partial charge is 0.0967 e. The van der Waals surface area contributed by atoms with Crippen LogP contribution in [0.1, 0.15) is 23.9 Å². The maximum absolute atomic E-state index is 4.59. The minimum absolute atomic E-state index is 0.822. The van der Waals surface area contributed by atoms with Crippen LogP contribution in [0.25, 0.3) is 6.08 Å². The van der Waals surface area contributed by atoms with Crippen molar-refractivity contribution in [1.82, 2.24) is 4.98 Å². The van der Waals surface area contributed by atoms with Crippen molar-refractivity contribution in [1.29, 1.82) is 0 Å². The summed E-state index contributed by atoms with van der Waals surface area (Å²) >= 11 is 0. The molecule has 0 fully saturated rings. The summed E-state index contributed by atoms with van der Waals surface area (Å²) in [5.41, 5.74) is 4.77. The first kappa shape index (κ1) is 10.6. The van der Waals surface area contributed by atoms with Crippen molar-refractivity contribution in [2.24, 2.45) is 4.99 Å². The van der Waals surface area contributed by atoms with E-state index in [2.05, 4.69) is 36.1 Å². The molecule has 80 valence electrons. The molecule has 0 saturated carbocycles. The average Bonchev–Trinajstić information content (AvgIpc) is 2.32. The summed E-state index contributed by atoms with van der Waals surface area (Å²) in [4.78, 5) is 8.84. The Bertz CT molecular complexity index is 507. The van der Waals surface area contributed by atoms with E-state index in [4.69, 9.17) is 0 Å². The van der Waals surface area contributed by atoms with Crippen molar-refractivity contribution in [2.75, 3.05) is 0 Å². The highest BCUT2D eigenvalue weighted by Crippen LogP contribution is 2.21. The standard InChI is InChI=1S/C14H14N2/c1-4-12-9-8-11-7-6-10(3)13(15-5-2)14(11)16-12/h5-9H,2-4H2,1H3. The van der Waals surface area contributed by atoms with Gasteiger partial charge in [0.05, 0.1) is 11.4 Å². The molecule has 0 bridgehead atoms. The van der Waals surface area contributed by atoms with Gasteiger partial charge in [-0.3, -0.25) is 9.98 Å². The molecule has 2 nitrogen and oxygen atoms in total. The molecule has 0 N–H and O–H groups in total. The van der Waals surface area contributed by atoms with Crippen molar-refractivity contribution >= 4 is 11.8 Å². The second-order valence-corrected chi connectivity index (χ2v) is 3.61. The van der Waals surface area contributed by atoms with Gasteiger partial charge < -0.3 is 0 Å². The van der Waals surface area contributed by atoms with E-state index >= 15 is 0 Å². The molecule has 0 saturated heterocycles. The van der Waals surface area contributed by atoms with Crippen LogP contribution >= 0.6 is 0 Å². The van der Waals surface area contributed by atoms with Crippen LogP contribution in [0.3, 0.4) is 0 Å². The van der Waals surface area contributed by atoms with Crippen molar-refractivity contribution < 1.29 is 0 Å². The molecule has 0 aliphatic heterocycles. The van der Waals surface area contributed by atoms with E-state index in [0.717, 1.165) is 34.7 Å². The summed E-state index contributed by atoms with van der Waals surface area (Å²) in [6.07, 6.45) is 6.43. The van der Waals surface area contributed by atoms with E-state index in [-0.39, 0.29) is 0 Å². The first-order chi connectivity index (χ1) is 7.76. The quantitative estimate of drug-likeness (QED) is 0.736. The zero-order chi connectivity index (χ0) is 11.5. The minimum atomic E-state index is 0.822. The molecule has 0 spiro atoms. The average molecular weight is 210 g/mol. The summed E-state index contributed by atoms with van der Waals surface area (Å²) in [5.74, 6) is 0. The highest BCUT2D eigenvalue weighted by atomic mass is 14.8. The second-order valence-electron chi connectivity index (χ2n) is 3.61. The predicted octanol–water partition coefficient (Wildman–Crippen LogP) is 3.16. The van der Waals surface area contributed by atoms with Gasteiger partial charge in [0.1, 0.15) is 0 Å². The molecule has 1 aliphatic rings. The van der Waals surface area contributed by atoms with Gasteiger partial charge in [-0.15, -0.1) is 0 Å². The van der Waals surface area contributed by atoms with E-state index in [1.807, 2.05) is 18.2 Å². The normalized spacial score (nSPS) is 16.3. The summed E-state index contributed by atoms with van der Waals surface area (Å²) in [7, 11) is 0. The number of aryl methyl sites for hydroxylation is 1. The number of allylic oxidation sites excluding steroid dienone is 2. The Morgan fingerprint density at radius 2 is 2.19 bits per heavy atom. The first-order valence-corrected chi connectivity index (χ1v) is 5.32. The topological polar surface area (TPSA) is 25.2 Å². The van der Waals surface area contributed by atoms with Gasteiger partial charge >= 0.3 is 0 Å². The largest absolute Gasteiger partial charge is 0.255 e. The lowest BCUT2D eigenvalue weighted by atomic mass is 9.96. The number of hydrogen-bond donors (Lipinski definition) is 0. The van der Waals surface area contributed by atoms with Crippen molar-refractivity contribution in [3.63, 3.8) is 0 Å². The molecule has 1 aromatic rings. The Balaban J connectivity index is 2.62. The summed E-state index contributed by atoms with van der Waals surface area (Å²) < 4.78 is 0. The van der Waals surface area contributed by atoms with E-state index in [1.54, 1.807) is 0 Å². The molecule has 16 heavy (non-hydrogen) atoms. The third kappa shape index (κ3) is 1.74. The summed E-state index contributed by atoms with van der Waals surface area (Å²) in [5, 5.41) is 0. The number of hydrogen-bond acceptors (Lipinski definition) is 2. The molecule has 0 unspecified atom stereocenters. The van der Waals surface area contributed by atoms with Gasteiger partial charge in [-0.2, -0.15) is 0 Å². The van der Waals surface area contributed by atoms with Crippen LogP contribution in [-0.2, 0) is 6.42 Å². The van der Waals surface area contributed by atoms with E-state index in [0.29, 0.717) is 0 Å². The fourth-order valence-electron chi connectivity index (χ4n) is 1.69. The monoisotopic (exact) mass is 210 g/mol. The zero-order valence-corrected chi connectivity index (χ0v) is 9.40. The molecule has 1 aromatic heterocycles. The van der Waals surface area contributed by atoms with Crippen LogP contribution in [0.5, 0.6) is 0 Å². The van der Waals surface area contributed by atoms with Gasteiger partial charge in [0, 0.05) is 17.5 Å². The number of nitrogens with zero attached hydrogens (tertiary/aromatic N) is 2. The number of pyridine rings is 1. The molecule has 1 heterocycles. The third-order valence-corrected chi connectivity index (χ3v) is 2.56. The zero-order valence-electron chi connectivity index (χ0n) is 9.40. The molecule has 0 aromatic carbocycles. The van der Waals surface area contributed by atoms with Crippen LogP contribution < -0.4 is 0 Å². The molecular formula is C14H14N2. The van der Waals surface area contributed by atoms with E-state index in [1.165, 1.54) is 6.20 Å². The van der Waals surface area contributed by atoms with Crippen molar-refractivity contribution in [3.8, 4) is 0 Å². The second kappa shape index (κ2) is 4.27. The Labute approximate surface area is 95.8 Å². The molecule has 0 amide bonds. The van der Waals surface area contributed by atoms with Crippen LogP contribution in [0.4, 0.5) is 0 Å². The molecule has 2 heteroatoms. The van der Waals surface area contributed by atoms with E-state index in [9.17, 15) is 0 Å². The van der Waals surface area contributed by atoms with Gasteiger partial charge in [-0.05, 0) is 18.1 Å². The van der Waals surface area contributed by atoms with Gasteiger partial charge in [0.2, 0.25) is 0 Å². The van der Waals surface area contributed by atoms with Crippen molar-refractivity contribution in [3.05, 3.63) is 60.1 Å². The number of aromatic nitrogens is 1. The Morgan fingerprint density at radius 1 is 1.38 bits per heavy atom. The van der Waals surface area contributed by atoms with Crippen molar-refractivity contribution in [2.45, 2.75) is 13.3 Å². The SMILES string of the molecule is C=CN=C1C(=C)C=Cc2ccc(CC)nc21. The maximum atomic E-state index is 4.59. The molecule has 1 aliphatic carbocycles. The Hall–Kier alpha value is -1.96. The number of rotatable bonds is 2. The van der Waals surface area contributed by atoms with Crippen LogP contribution in [0.2, 0.25) is 0 Å². The van der Waals surface area contributed by atoms with Gasteiger partial charge in [0.25, 0.3) is 0 Å². The van der Waals surface area contributed by atoms with Gasteiger partial charge in [-0.25, -0.2) is 0 Å². The van der Waals surface area contributed by atoms with Crippen LogP contribution in [0, 0.1) is 0 Å². The van der Waals surface area contributed by atoms with Crippen LogP contribution in [0.15, 0.2) is 48.1 Å². The maximum Gasteiger partial charge on any atom is 0.0967 e. The highest BCUT2D eigenvalue weighted by Gasteiger charge is 2.15. The lowest BCUT2D eigenvalue weighted by Crippen LogP contribution is -2.12. The Morgan fingerprint density at radius 3 is 2.88 bits per heavy atom. The lowest BCUT2D eigenvalue weighted by Gasteiger charge is -2.14. The lowest BCUT2D eigenvalue weighted by molar-refractivity contribution is 1.02. The fourth-order valence-corrected chi connectivity index (χ4v) is 1.69. The summed E-state index contributed by atoms with van der Waals surface area (Å²) in [6.45, 7) is 9.68. The van der Waals surface area contributed by atoms with Gasteiger partial charge in [0.15, 0.2) is 0 Å². The minimum Gasteiger partial charge on any atom is -0.255 e. The molecule has 0 radical (unpaired) electrons. The first-order valence-electron chi connectivity index (χ1n) is 5.32. The van der Waals surface area contributed by atoms with Gasteiger partial charge in [-0.1, -0.05) is 38.3 Å². The molecule has 2 rings (SSSR count). The van der Waals surface area contributed by atoms with Crippen LogP contribution in [-0.4, -0.2) is 10.7 Å². The third-order valence-electron chi connectivity index (χ3n) is 2.56. The summed E-state index contributed by atoms with van der Waals surface area (Å²) in [6, 6.07) is 4.12. The van der Waals surface area contributed by atoms with E-state index < -0.39 is 0 Å². The number of aliphatic imine (C=N–C) groups is 1. The Kier molecular flexibility index (Phi) is 2.82. The highest BCUT2D eigenvalue weighted by molar-refractivity contribution is 6.17.